The van der Waals surface area contributed by atoms with Crippen LogP contribution < -0.4 is 14.8 Å². The molecule has 0 aliphatic carbocycles. The molecule has 0 spiro atoms. The number of rotatable bonds is 7. The zero-order valence-electron chi connectivity index (χ0n) is 16.9. The largest absolute Gasteiger partial charge is 0.493 e. The summed E-state index contributed by atoms with van der Waals surface area (Å²) >= 11 is 0. The minimum atomic E-state index is -0.222. The maximum Gasteiger partial charge on any atom is 0.244 e. The van der Waals surface area contributed by atoms with E-state index in [4.69, 9.17) is 9.47 Å². The van der Waals surface area contributed by atoms with Gasteiger partial charge in [-0.3, -0.25) is 4.79 Å². The molecular formula is C25H25NO3. The van der Waals surface area contributed by atoms with Crippen LogP contribution in [0.3, 0.4) is 0 Å². The van der Waals surface area contributed by atoms with E-state index in [2.05, 4.69) is 18.3 Å². The Balaban J connectivity index is 1.82. The summed E-state index contributed by atoms with van der Waals surface area (Å²) in [6.45, 7) is 2.05. The quantitative estimate of drug-likeness (QED) is 0.585. The Morgan fingerprint density at radius 3 is 2.28 bits per heavy atom. The lowest BCUT2D eigenvalue weighted by Crippen LogP contribution is -2.28. The van der Waals surface area contributed by atoms with Gasteiger partial charge in [-0.2, -0.15) is 0 Å². The Kier molecular flexibility index (Phi) is 6.69. The standard InChI is InChI=1S/C25H25NO3/c1-18-9-7-8-12-21(18)25(20-10-5-4-6-11-20)26-24(27)16-14-19-13-15-22(28-2)23(17-19)29-3/h4-17,25H,1-3H3,(H,26,27)/b16-14+/t25-/m1/s1. The third-order valence-electron chi connectivity index (χ3n) is 4.75. The first-order valence-corrected chi connectivity index (χ1v) is 9.43. The molecule has 0 unspecified atom stereocenters. The summed E-state index contributed by atoms with van der Waals surface area (Å²) in [5, 5.41) is 3.13. The highest BCUT2D eigenvalue weighted by Crippen LogP contribution is 2.28. The fourth-order valence-corrected chi connectivity index (χ4v) is 3.22. The van der Waals surface area contributed by atoms with Crippen molar-refractivity contribution in [1.29, 1.82) is 0 Å². The van der Waals surface area contributed by atoms with Crippen LogP contribution in [0.5, 0.6) is 11.5 Å². The Morgan fingerprint density at radius 1 is 0.897 bits per heavy atom. The van der Waals surface area contributed by atoms with Crippen LogP contribution in [-0.4, -0.2) is 20.1 Å². The normalized spacial score (nSPS) is 11.8. The van der Waals surface area contributed by atoms with Gasteiger partial charge in [-0.25, -0.2) is 0 Å². The van der Waals surface area contributed by atoms with Crippen LogP contribution in [0.25, 0.3) is 6.08 Å². The second-order valence-electron chi connectivity index (χ2n) is 6.66. The topological polar surface area (TPSA) is 47.6 Å². The number of hydrogen-bond acceptors (Lipinski definition) is 3. The fraction of sp³-hybridized carbons (Fsp3) is 0.160. The van der Waals surface area contributed by atoms with Gasteiger partial charge >= 0.3 is 0 Å². The molecule has 0 radical (unpaired) electrons. The number of amides is 1. The minimum absolute atomic E-state index is 0.170. The number of methoxy groups -OCH3 is 2. The van der Waals surface area contributed by atoms with Crippen molar-refractivity contribution < 1.29 is 14.3 Å². The molecule has 0 aromatic heterocycles. The molecule has 4 nitrogen and oxygen atoms in total. The predicted octanol–water partition coefficient (Wildman–Crippen LogP) is 4.93. The summed E-state index contributed by atoms with van der Waals surface area (Å²) in [5.74, 6) is 1.10. The summed E-state index contributed by atoms with van der Waals surface area (Å²) in [5.41, 5.74) is 4.09. The van der Waals surface area contributed by atoms with Gasteiger partial charge in [0.2, 0.25) is 5.91 Å². The fourth-order valence-electron chi connectivity index (χ4n) is 3.22. The highest BCUT2D eigenvalue weighted by atomic mass is 16.5. The molecule has 0 aliphatic rings. The number of benzene rings is 3. The summed E-state index contributed by atoms with van der Waals surface area (Å²) in [7, 11) is 3.18. The lowest BCUT2D eigenvalue weighted by atomic mass is 9.95. The molecule has 3 rings (SSSR count). The van der Waals surface area contributed by atoms with Gasteiger partial charge in [0.15, 0.2) is 11.5 Å². The first-order valence-electron chi connectivity index (χ1n) is 9.43. The van der Waals surface area contributed by atoms with Crippen molar-refractivity contribution in [3.05, 3.63) is 101 Å². The van der Waals surface area contributed by atoms with Crippen molar-refractivity contribution in [3.63, 3.8) is 0 Å². The van der Waals surface area contributed by atoms with Gasteiger partial charge in [0, 0.05) is 6.08 Å². The van der Waals surface area contributed by atoms with Crippen molar-refractivity contribution in [3.8, 4) is 11.5 Å². The maximum absolute atomic E-state index is 12.7. The van der Waals surface area contributed by atoms with Crippen molar-refractivity contribution >= 4 is 12.0 Å². The number of aryl methyl sites for hydroxylation is 1. The SMILES string of the molecule is COc1ccc(/C=C/C(=O)N[C@H](c2ccccc2)c2ccccc2C)cc1OC. The summed E-state index contributed by atoms with van der Waals surface area (Å²) in [6.07, 6.45) is 3.30. The van der Waals surface area contributed by atoms with E-state index in [-0.39, 0.29) is 11.9 Å². The van der Waals surface area contributed by atoms with Crippen LogP contribution in [0, 0.1) is 6.92 Å². The number of hydrogen-bond donors (Lipinski definition) is 1. The zero-order chi connectivity index (χ0) is 20.6. The summed E-state index contributed by atoms with van der Waals surface area (Å²) in [6, 6.07) is 23.4. The van der Waals surface area contributed by atoms with Crippen LogP contribution in [0.4, 0.5) is 0 Å². The number of carbonyl (C=O) groups is 1. The van der Waals surface area contributed by atoms with Crippen LogP contribution in [0.1, 0.15) is 28.3 Å². The number of carbonyl (C=O) groups excluding carboxylic acids is 1. The van der Waals surface area contributed by atoms with Gasteiger partial charge in [-0.05, 0) is 47.4 Å². The Bertz CT molecular complexity index is 996. The van der Waals surface area contributed by atoms with Crippen molar-refractivity contribution in [2.45, 2.75) is 13.0 Å². The first kappa shape index (κ1) is 20.2. The summed E-state index contributed by atoms with van der Waals surface area (Å²) in [4.78, 5) is 12.7. The van der Waals surface area contributed by atoms with Crippen LogP contribution >= 0.6 is 0 Å². The first-order chi connectivity index (χ1) is 14.1. The minimum Gasteiger partial charge on any atom is -0.493 e. The lowest BCUT2D eigenvalue weighted by Gasteiger charge is -2.21. The molecular weight excluding hydrogens is 362 g/mol. The van der Waals surface area contributed by atoms with Gasteiger partial charge < -0.3 is 14.8 Å². The average Bonchev–Trinajstić information content (AvgIpc) is 2.77. The predicted molar refractivity (Wildman–Crippen MR) is 116 cm³/mol. The molecule has 1 atom stereocenters. The molecule has 0 bridgehead atoms. The van der Waals surface area contributed by atoms with Crippen molar-refractivity contribution in [2.75, 3.05) is 14.2 Å². The zero-order valence-corrected chi connectivity index (χ0v) is 16.9. The third-order valence-corrected chi connectivity index (χ3v) is 4.75. The van der Waals surface area contributed by atoms with Gasteiger partial charge in [-0.1, -0.05) is 60.7 Å². The van der Waals surface area contributed by atoms with Gasteiger partial charge in [-0.15, -0.1) is 0 Å². The third kappa shape index (κ3) is 5.05. The maximum atomic E-state index is 12.7. The van der Waals surface area contributed by atoms with E-state index in [1.807, 2.05) is 66.7 Å². The molecule has 4 heteroatoms. The van der Waals surface area contributed by atoms with E-state index in [0.717, 1.165) is 22.3 Å². The Labute approximate surface area is 171 Å². The van der Waals surface area contributed by atoms with E-state index in [0.29, 0.717) is 11.5 Å². The highest BCUT2D eigenvalue weighted by Gasteiger charge is 2.17. The molecule has 3 aromatic rings. The van der Waals surface area contributed by atoms with E-state index in [1.165, 1.54) is 6.08 Å². The van der Waals surface area contributed by atoms with E-state index in [9.17, 15) is 4.79 Å². The number of ether oxygens (including phenoxy) is 2. The molecule has 0 heterocycles. The van der Waals surface area contributed by atoms with E-state index < -0.39 is 0 Å². The van der Waals surface area contributed by atoms with Crippen LogP contribution in [-0.2, 0) is 4.79 Å². The number of nitrogens with one attached hydrogen (secondary N) is 1. The van der Waals surface area contributed by atoms with Gasteiger partial charge in [0.05, 0.1) is 20.3 Å². The van der Waals surface area contributed by atoms with Crippen LogP contribution in [0.2, 0.25) is 0 Å². The van der Waals surface area contributed by atoms with Gasteiger partial charge in [0.1, 0.15) is 0 Å². The molecule has 0 aliphatic heterocycles. The Hall–Kier alpha value is -3.53. The molecule has 3 aromatic carbocycles. The second-order valence-corrected chi connectivity index (χ2v) is 6.66. The van der Waals surface area contributed by atoms with Crippen molar-refractivity contribution in [1.82, 2.24) is 5.32 Å². The van der Waals surface area contributed by atoms with Crippen LogP contribution in [0.15, 0.2) is 78.9 Å². The van der Waals surface area contributed by atoms with E-state index >= 15 is 0 Å². The molecule has 1 amide bonds. The molecule has 29 heavy (non-hydrogen) atoms. The molecule has 0 fully saturated rings. The molecule has 148 valence electrons. The smallest absolute Gasteiger partial charge is 0.244 e. The molecule has 0 saturated heterocycles. The Morgan fingerprint density at radius 2 is 1.59 bits per heavy atom. The van der Waals surface area contributed by atoms with Gasteiger partial charge in [0.25, 0.3) is 0 Å². The summed E-state index contributed by atoms with van der Waals surface area (Å²) < 4.78 is 10.6. The van der Waals surface area contributed by atoms with Crippen molar-refractivity contribution in [2.24, 2.45) is 0 Å². The second kappa shape index (κ2) is 9.60. The highest BCUT2D eigenvalue weighted by molar-refractivity contribution is 5.92. The average molecular weight is 387 g/mol. The monoisotopic (exact) mass is 387 g/mol. The molecule has 1 N–H and O–H groups in total. The van der Waals surface area contributed by atoms with E-state index in [1.54, 1.807) is 20.3 Å². The molecule has 0 saturated carbocycles. The lowest BCUT2D eigenvalue weighted by molar-refractivity contribution is -0.116.